The van der Waals surface area contributed by atoms with Crippen LogP contribution < -0.4 is 0 Å². The van der Waals surface area contributed by atoms with Crippen molar-refractivity contribution in [3.05, 3.63) is 12.7 Å². The average molecular weight is 130 g/mol. The maximum atomic E-state index is 7.76. The van der Waals surface area contributed by atoms with Crippen LogP contribution >= 0.6 is 0 Å². The van der Waals surface area contributed by atoms with Crippen LogP contribution in [-0.2, 0) is 4.74 Å². The summed E-state index contributed by atoms with van der Waals surface area (Å²) in [5.74, 6) is 0. The number of rotatable bonds is 2. The molecule has 1 aliphatic rings. The van der Waals surface area contributed by atoms with Gasteiger partial charge in [0.25, 0.3) is 0 Å². The first-order chi connectivity index (χ1) is 4.35. The van der Waals surface area contributed by atoms with Crippen LogP contribution in [0.1, 0.15) is 13.3 Å². The smallest absolute Gasteiger partial charge is 0.0807 e. The summed E-state index contributed by atoms with van der Waals surface area (Å²) in [6.07, 6.45) is 3.26. The second-order valence-corrected chi connectivity index (χ2v) is 1.83. The van der Waals surface area contributed by atoms with E-state index in [1.54, 1.807) is 0 Å². The third-order valence-electron chi connectivity index (χ3n) is 0.987. The molecule has 1 fully saturated rings. The Morgan fingerprint density at radius 3 is 2.33 bits per heavy atom. The molecule has 0 radical (unpaired) electrons. The second kappa shape index (κ2) is 5.79. The highest BCUT2D eigenvalue weighted by molar-refractivity contribution is 4.64. The third kappa shape index (κ3) is 7.66. The maximum absolute atomic E-state index is 7.76. The summed E-state index contributed by atoms with van der Waals surface area (Å²) < 4.78 is 4.86. The molecule has 0 aromatic carbocycles. The maximum Gasteiger partial charge on any atom is 0.0807 e. The molecule has 0 aromatic heterocycles. The molecule has 1 N–H and O–H groups in total. The topological polar surface area (TPSA) is 32.8 Å². The van der Waals surface area contributed by atoms with E-state index in [0.717, 1.165) is 6.61 Å². The van der Waals surface area contributed by atoms with Crippen molar-refractivity contribution < 1.29 is 9.84 Å². The van der Waals surface area contributed by atoms with Gasteiger partial charge in [-0.05, 0) is 6.42 Å². The van der Waals surface area contributed by atoms with Crippen molar-refractivity contribution in [1.29, 1.82) is 0 Å². The molecule has 1 rings (SSSR count). The summed E-state index contributed by atoms with van der Waals surface area (Å²) in [5, 5.41) is 7.76. The zero-order chi connectivity index (χ0) is 7.11. The largest absolute Gasteiger partial charge is 0.392 e. The molecule has 0 aromatic rings. The van der Waals surface area contributed by atoms with Crippen molar-refractivity contribution in [1.82, 2.24) is 0 Å². The molecule has 2 nitrogen and oxygen atoms in total. The molecular formula is C7H14O2. The Hall–Kier alpha value is -0.340. The van der Waals surface area contributed by atoms with E-state index in [4.69, 9.17) is 9.84 Å². The van der Waals surface area contributed by atoms with Gasteiger partial charge in [0.15, 0.2) is 0 Å². The minimum absolute atomic E-state index is 0.0833. The van der Waals surface area contributed by atoms with E-state index >= 15 is 0 Å². The average Bonchev–Trinajstić information content (AvgIpc) is 2.70. The van der Waals surface area contributed by atoms with Crippen molar-refractivity contribution in [2.75, 3.05) is 13.2 Å². The first kappa shape index (κ1) is 8.66. The van der Waals surface area contributed by atoms with Crippen molar-refractivity contribution >= 4 is 0 Å². The summed E-state index contributed by atoms with van der Waals surface area (Å²) in [6, 6.07) is 0. The molecule has 0 saturated carbocycles. The number of aliphatic hydroxyl groups excluding tert-OH is 1. The SMILES string of the molecule is C=CCO.CCC1CO1. The number of hydrogen-bond acceptors (Lipinski definition) is 2. The second-order valence-electron chi connectivity index (χ2n) is 1.83. The molecule has 0 amide bonds. The number of hydrogen-bond donors (Lipinski definition) is 1. The van der Waals surface area contributed by atoms with Gasteiger partial charge in [0.1, 0.15) is 0 Å². The number of ether oxygens (including phenoxy) is 1. The van der Waals surface area contributed by atoms with Crippen LogP contribution in [-0.4, -0.2) is 24.4 Å². The first-order valence-corrected chi connectivity index (χ1v) is 3.18. The fraction of sp³-hybridized carbons (Fsp3) is 0.714. The minimum atomic E-state index is 0.0833. The molecule has 1 saturated heterocycles. The van der Waals surface area contributed by atoms with E-state index in [2.05, 4.69) is 13.5 Å². The van der Waals surface area contributed by atoms with Gasteiger partial charge >= 0.3 is 0 Å². The summed E-state index contributed by atoms with van der Waals surface area (Å²) >= 11 is 0. The minimum Gasteiger partial charge on any atom is -0.392 e. The van der Waals surface area contributed by atoms with Gasteiger partial charge in [0, 0.05) is 0 Å². The molecule has 1 atom stereocenters. The van der Waals surface area contributed by atoms with Crippen LogP contribution in [0.4, 0.5) is 0 Å². The Labute approximate surface area is 56.1 Å². The molecular weight excluding hydrogens is 116 g/mol. The third-order valence-corrected chi connectivity index (χ3v) is 0.987. The molecule has 0 aliphatic carbocycles. The lowest BCUT2D eigenvalue weighted by atomic mass is 10.4. The Morgan fingerprint density at radius 2 is 2.33 bits per heavy atom. The highest BCUT2D eigenvalue weighted by Gasteiger charge is 2.18. The van der Waals surface area contributed by atoms with E-state index in [9.17, 15) is 0 Å². The summed E-state index contributed by atoms with van der Waals surface area (Å²) in [4.78, 5) is 0. The Bertz CT molecular complexity index is 67.3. The van der Waals surface area contributed by atoms with Gasteiger partial charge in [-0.1, -0.05) is 13.0 Å². The Morgan fingerprint density at radius 1 is 1.89 bits per heavy atom. The van der Waals surface area contributed by atoms with E-state index < -0.39 is 0 Å². The van der Waals surface area contributed by atoms with Gasteiger partial charge in [0.2, 0.25) is 0 Å². The molecule has 1 unspecified atom stereocenters. The van der Waals surface area contributed by atoms with E-state index in [1.165, 1.54) is 12.5 Å². The Kier molecular flexibility index (Phi) is 5.57. The number of aliphatic hydroxyl groups is 1. The van der Waals surface area contributed by atoms with Crippen molar-refractivity contribution in [3.8, 4) is 0 Å². The van der Waals surface area contributed by atoms with Crippen molar-refractivity contribution in [3.63, 3.8) is 0 Å². The van der Waals surface area contributed by atoms with Gasteiger partial charge in [-0.25, -0.2) is 0 Å². The van der Waals surface area contributed by atoms with Crippen LogP contribution in [0.2, 0.25) is 0 Å². The monoisotopic (exact) mass is 130 g/mol. The van der Waals surface area contributed by atoms with Crippen LogP contribution in [0.5, 0.6) is 0 Å². The molecule has 1 aliphatic heterocycles. The quantitative estimate of drug-likeness (QED) is 0.446. The van der Waals surface area contributed by atoms with Crippen LogP contribution in [0.15, 0.2) is 12.7 Å². The van der Waals surface area contributed by atoms with E-state index in [-0.39, 0.29) is 6.61 Å². The molecule has 54 valence electrons. The zero-order valence-corrected chi connectivity index (χ0v) is 5.84. The lowest BCUT2D eigenvalue weighted by molar-refractivity contribution is 0.343. The molecule has 0 spiro atoms. The van der Waals surface area contributed by atoms with Gasteiger partial charge in [-0.3, -0.25) is 0 Å². The fourth-order valence-corrected chi connectivity index (χ4v) is 0.304. The molecule has 2 heteroatoms. The highest BCUT2D eigenvalue weighted by Crippen LogP contribution is 2.10. The predicted molar refractivity (Wildman–Crippen MR) is 37.3 cm³/mol. The lowest BCUT2D eigenvalue weighted by Gasteiger charge is -1.69. The lowest BCUT2D eigenvalue weighted by Crippen LogP contribution is -1.73. The van der Waals surface area contributed by atoms with Crippen LogP contribution in [0, 0.1) is 0 Å². The van der Waals surface area contributed by atoms with Crippen LogP contribution in [0.25, 0.3) is 0 Å². The van der Waals surface area contributed by atoms with Gasteiger partial charge in [0.05, 0.1) is 19.3 Å². The summed E-state index contributed by atoms with van der Waals surface area (Å²) in [6.45, 7) is 6.46. The summed E-state index contributed by atoms with van der Waals surface area (Å²) in [5.41, 5.74) is 0. The molecule has 9 heavy (non-hydrogen) atoms. The number of epoxide rings is 1. The summed E-state index contributed by atoms with van der Waals surface area (Å²) in [7, 11) is 0. The molecule has 0 bridgehead atoms. The molecule has 1 heterocycles. The zero-order valence-electron chi connectivity index (χ0n) is 5.84. The van der Waals surface area contributed by atoms with Crippen molar-refractivity contribution in [2.45, 2.75) is 19.4 Å². The van der Waals surface area contributed by atoms with Gasteiger partial charge < -0.3 is 9.84 Å². The standard InChI is InChI=1S/C4H8O.C3H6O/c1-2-4-3-5-4;1-2-3-4/h4H,2-3H2,1H3;2,4H,1,3H2. The van der Waals surface area contributed by atoms with Crippen LogP contribution in [0.3, 0.4) is 0 Å². The van der Waals surface area contributed by atoms with Gasteiger partial charge in [-0.15, -0.1) is 6.58 Å². The normalized spacial score (nSPS) is 21.8. The van der Waals surface area contributed by atoms with E-state index in [0.29, 0.717) is 6.10 Å². The fourth-order valence-electron chi connectivity index (χ4n) is 0.304. The van der Waals surface area contributed by atoms with E-state index in [1.807, 2.05) is 0 Å². The predicted octanol–water partition coefficient (Wildman–Crippen LogP) is 0.960. The Balaban J connectivity index is 0.000000148. The highest BCUT2D eigenvalue weighted by atomic mass is 16.6. The van der Waals surface area contributed by atoms with Gasteiger partial charge in [-0.2, -0.15) is 0 Å². The van der Waals surface area contributed by atoms with Crippen molar-refractivity contribution in [2.24, 2.45) is 0 Å². The first-order valence-electron chi connectivity index (χ1n) is 3.18.